The maximum absolute atomic E-state index is 13.1. The smallest absolute Gasteiger partial charge is 0.340 e. The molecule has 0 spiro atoms. The van der Waals surface area contributed by atoms with Crippen LogP contribution in [0.3, 0.4) is 0 Å². The topological polar surface area (TPSA) is 68.9 Å². The van der Waals surface area contributed by atoms with E-state index in [0.717, 1.165) is 54.7 Å². The van der Waals surface area contributed by atoms with Gasteiger partial charge in [0.25, 0.3) is 5.91 Å². The Balaban J connectivity index is 0.000000129. The quantitative estimate of drug-likeness (QED) is 0.408. The highest BCUT2D eigenvalue weighted by atomic mass is 16.5. The van der Waals surface area contributed by atoms with Crippen LogP contribution in [-0.2, 0) is 11.2 Å². The molecule has 226 valence electrons. The molecule has 1 aliphatic carbocycles. The number of para-hydroxylation sites is 1. The first kappa shape index (κ1) is 27.4. The number of benzene rings is 2. The number of piperidine rings is 4. The summed E-state index contributed by atoms with van der Waals surface area (Å²) in [6, 6.07) is 15.9. The molecule has 10 rings (SSSR count). The summed E-state index contributed by atoms with van der Waals surface area (Å²) < 4.78 is 5.79. The summed E-state index contributed by atoms with van der Waals surface area (Å²) in [5, 5.41) is 0.943. The number of nitrogens with zero attached hydrogens (tertiary/aromatic N) is 3. The summed E-state index contributed by atoms with van der Waals surface area (Å²) in [6.07, 6.45) is 12.5. The molecule has 0 radical (unpaired) electrons. The second kappa shape index (κ2) is 11.1. The van der Waals surface area contributed by atoms with Crippen LogP contribution in [0.4, 0.5) is 0 Å². The number of nitrogens with one attached hydrogen (secondary N) is 1. The number of aromatic amines is 1. The van der Waals surface area contributed by atoms with Crippen LogP contribution in [0.5, 0.6) is 0 Å². The first-order chi connectivity index (χ1) is 21.0. The highest BCUT2D eigenvalue weighted by molar-refractivity contribution is 6.04. The van der Waals surface area contributed by atoms with Gasteiger partial charge in [0.05, 0.1) is 5.56 Å². The van der Waals surface area contributed by atoms with E-state index in [1.54, 1.807) is 6.20 Å². The van der Waals surface area contributed by atoms with Gasteiger partial charge in [-0.3, -0.25) is 4.79 Å². The SMILES string of the molecule is CN1[C@@H]2CC[C@H]1CC(OC(=O)c1c[nH]c3ccccc13)C2.O=C1c2cccc3c2[C@H](CCC3)CN1[C@@H]1CN2CCC1CC2. The number of H-pyrrole nitrogens is 1. The van der Waals surface area contributed by atoms with Crippen LogP contribution in [0.1, 0.15) is 89.1 Å². The third kappa shape index (κ3) is 4.89. The third-order valence-corrected chi connectivity index (χ3v) is 11.7. The summed E-state index contributed by atoms with van der Waals surface area (Å²) in [6.45, 7) is 4.57. The predicted octanol–water partition coefficient (Wildman–Crippen LogP) is 5.61. The number of fused-ring (bicyclic) bond motifs is 6. The van der Waals surface area contributed by atoms with Crippen molar-refractivity contribution in [2.24, 2.45) is 5.92 Å². The Morgan fingerprint density at radius 3 is 2.49 bits per heavy atom. The van der Waals surface area contributed by atoms with Gasteiger partial charge in [0.2, 0.25) is 0 Å². The minimum Gasteiger partial charge on any atom is -0.459 e. The van der Waals surface area contributed by atoms with E-state index in [1.807, 2.05) is 24.3 Å². The van der Waals surface area contributed by atoms with E-state index in [2.05, 4.69) is 44.9 Å². The van der Waals surface area contributed by atoms with Gasteiger partial charge in [-0.1, -0.05) is 30.3 Å². The molecule has 0 saturated carbocycles. The van der Waals surface area contributed by atoms with Gasteiger partial charge in [0.1, 0.15) is 6.10 Å². The average Bonchev–Trinajstić information content (AvgIpc) is 3.55. The molecule has 5 fully saturated rings. The van der Waals surface area contributed by atoms with E-state index in [1.165, 1.54) is 62.7 Å². The highest BCUT2D eigenvalue weighted by Crippen LogP contribution is 2.42. The molecule has 3 aromatic rings. The minimum absolute atomic E-state index is 0.0693. The molecular weight excluding hydrogens is 536 g/mol. The zero-order chi connectivity index (χ0) is 29.1. The van der Waals surface area contributed by atoms with Crippen LogP contribution in [0.25, 0.3) is 10.9 Å². The van der Waals surface area contributed by atoms with Crippen molar-refractivity contribution < 1.29 is 14.3 Å². The molecule has 7 aliphatic rings. The monoisotopic (exact) mass is 580 g/mol. The lowest BCUT2D eigenvalue weighted by molar-refractivity contribution is -0.000328. The first-order valence-corrected chi connectivity index (χ1v) is 16.7. The molecule has 5 saturated heterocycles. The first-order valence-electron chi connectivity index (χ1n) is 16.7. The number of amides is 1. The molecule has 7 nitrogen and oxygen atoms in total. The normalized spacial score (nSPS) is 32.7. The zero-order valence-corrected chi connectivity index (χ0v) is 25.3. The van der Waals surface area contributed by atoms with E-state index < -0.39 is 0 Å². The minimum atomic E-state index is -0.193. The van der Waals surface area contributed by atoms with Gasteiger partial charge >= 0.3 is 5.97 Å². The molecule has 2 aromatic carbocycles. The average molecular weight is 581 g/mol. The van der Waals surface area contributed by atoms with Gasteiger partial charge in [-0.05, 0) is 94.3 Å². The zero-order valence-electron chi connectivity index (χ0n) is 25.3. The van der Waals surface area contributed by atoms with Crippen LogP contribution in [-0.4, -0.2) is 89.0 Å². The Hall–Kier alpha value is -3.16. The van der Waals surface area contributed by atoms with Crippen LogP contribution in [0.15, 0.2) is 48.7 Å². The van der Waals surface area contributed by atoms with Gasteiger partial charge in [0, 0.05) is 72.6 Å². The summed E-state index contributed by atoms with van der Waals surface area (Å²) in [5.74, 6) is 1.45. The Morgan fingerprint density at radius 1 is 0.930 bits per heavy atom. The Kier molecular flexibility index (Phi) is 7.06. The maximum atomic E-state index is 13.1. The Bertz CT molecular complexity index is 1510. The van der Waals surface area contributed by atoms with Crippen molar-refractivity contribution in [1.29, 1.82) is 0 Å². The number of hydrogen-bond donors (Lipinski definition) is 1. The fourth-order valence-electron chi connectivity index (χ4n) is 9.33. The molecular formula is C36H44N4O3. The van der Waals surface area contributed by atoms with Crippen LogP contribution >= 0.6 is 0 Å². The number of aromatic nitrogens is 1. The lowest BCUT2D eigenvalue weighted by Crippen LogP contribution is -2.60. The molecule has 6 aliphatic heterocycles. The van der Waals surface area contributed by atoms with Crippen molar-refractivity contribution in [3.05, 3.63) is 70.9 Å². The fraction of sp³-hybridized carbons (Fsp3) is 0.556. The standard InChI is InChI=1S/C19H24N2O.C17H20N2O2/c22-19-16-6-2-4-14-3-1-5-15(18(14)16)11-21(19)17-12-20-9-7-13(17)8-10-20;1-19-11-6-7-12(19)9-13(8-11)21-17(20)15-10-18-16-5-3-2-4-14(15)16/h2,4,6,13,15,17H,1,3,5,7-12H2;2-5,10-13,18H,6-9H2,1H3/t15-,17-;11-,12+,13?/m1./s1. The number of hydrogen-bond acceptors (Lipinski definition) is 5. The molecule has 7 heterocycles. The largest absolute Gasteiger partial charge is 0.459 e. The number of ether oxygens (including phenoxy) is 1. The Morgan fingerprint density at radius 2 is 1.72 bits per heavy atom. The molecule has 1 aromatic heterocycles. The van der Waals surface area contributed by atoms with Gasteiger partial charge < -0.3 is 24.4 Å². The van der Waals surface area contributed by atoms with Crippen molar-refractivity contribution in [2.45, 2.75) is 87.9 Å². The molecule has 1 unspecified atom stereocenters. The number of esters is 1. The fourth-order valence-corrected chi connectivity index (χ4v) is 9.33. The number of carbonyl (C=O) groups is 2. The van der Waals surface area contributed by atoms with E-state index >= 15 is 0 Å². The van der Waals surface area contributed by atoms with Crippen molar-refractivity contribution in [3.8, 4) is 0 Å². The molecule has 4 bridgehead atoms. The summed E-state index contributed by atoms with van der Waals surface area (Å²) in [4.78, 5) is 36.0. The predicted molar refractivity (Wildman–Crippen MR) is 167 cm³/mol. The molecule has 43 heavy (non-hydrogen) atoms. The third-order valence-electron chi connectivity index (χ3n) is 11.7. The van der Waals surface area contributed by atoms with Gasteiger partial charge in [0.15, 0.2) is 0 Å². The maximum Gasteiger partial charge on any atom is 0.340 e. The van der Waals surface area contributed by atoms with E-state index in [0.29, 0.717) is 35.5 Å². The van der Waals surface area contributed by atoms with Crippen molar-refractivity contribution in [3.63, 3.8) is 0 Å². The number of rotatable bonds is 3. The van der Waals surface area contributed by atoms with Crippen LogP contribution in [0, 0.1) is 5.92 Å². The molecule has 1 N–H and O–H groups in total. The second-order valence-corrected chi connectivity index (χ2v) is 13.9. The summed E-state index contributed by atoms with van der Waals surface area (Å²) in [7, 11) is 2.19. The summed E-state index contributed by atoms with van der Waals surface area (Å²) in [5.41, 5.74) is 5.49. The number of aryl methyl sites for hydroxylation is 1. The molecule has 1 amide bonds. The van der Waals surface area contributed by atoms with E-state index in [-0.39, 0.29) is 12.1 Å². The van der Waals surface area contributed by atoms with E-state index in [4.69, 9.17) is 4.74 Å². The lowest BCUT2D eigenvalue weighted by atomic mass is 9.75. The van der Waals surface area contributed by atoms with E-state index in [9.17, 15) is 9.59 Å². The summed E-state index contributed by atoms with van der Waals surface area (Å²) >= 11 is 0. The van der Waals surface area contributed by atoms with Crippen LogP contribution < -0.4 is 0 Å². The number of carbonyl (C=O) groups excluding carboxylic acids is 2. The Labute approximate surface area is 254 Å². The van der Waals surface area contributed by atoms with Gasteiger partial charge in [-0.2, -0.15) is 0 Å². The second-order valence-electron chi connectivity index (χ2n) is 13.9. The highest BCUT2D eigenvalue weighted by Gasteiger charge is 2.44. The van der Waals surface area contributed by atoms with Crippen LogP contribution in [0.2, 0.25) is 0 Å². The van der Waals surface area contributed by atoms with Crippen molar-refractivity contribution >= 4 is 22.8 Å². The lowest BCUT2D eigenvalue weighted by Gasteiger charge is -2.51. The molecule has 5 atom stereocenters. The molecule has 7 heteroatoms. The van der Waals surface area contributed by atoms with Gasteiger partial charge in [-0.15, -0.1) is 0 Å². The van der Waals surface area contributed by atoms with Crippen molar-refractivity contribution in [2.75, 3.05) is 33.2 Å². The van der Waals surface area contributed by atoms with Crippen molar-refractivity contribution in [1.82, 2.24) is 19.7 Å². The van der Waals surface area contributed by atoms with Gasteiger partial charge in [-0.25, -0.2) is 4.79 Å².